The van der Waals surface area contributed by atoms with Gasteiger partial charge in [0.05, 0.1) is 16.1 Å². The lowest BCUT2D eigenvalue weighted by Gasteiger charge is -2.25. The maximum absolute atomic E-state index is 13.7. The highest BCUT2D eigenvalue weighted by Gasteiger charge is 2.22. The molecule has 45 heavy (non-hydrogen) atoms. The number of thiol groups is 1. The SMILES string of the molecule is N#Cc1c(SCc2cc(=O)c(OC(c3ccccc3)c3ccccc3)cn2OC(c2ccccc2)c2ccccc2)nsc1S. The highest BCUT2D eigenvalue weighted by atomic mass is 32.2. The Morgan fingerprint density at radius 2 is 1.29 bits per heavy atom. The van der Waals surface area contributed by atoms with Crippen LogP contribution in [0.1, 0.15) is 45.7 Å². The maximum Gasteiger partial charge on any atom is 0.223 e. The van der Waals surface area contributed by atoms with E-state index < -0.39 is 12.2 Å². The van der Waals surface area contributed by atoms with Crippen molar-refractivity contribution in [2.45, 2.75) is 27.2 Å². The first-order chi connectivity index (χ1) is 22.1. The number of thioether (sulfide) groups is 1. The first-order valence-corrected chi connectivity index (χ1v) is 16.3. The Morgan fingerprint density at radius 1 is 0.800 bits per heavy atom. The lowest BCUT2D eigenvalue weighted by molar-refractivity contribution is 0.0528. The standard InChI is InChI=1S/C36H27N3O3S3/c37-22-30-35(38-45-36(30)43)44-24-29-21-31(40)32(41-33(25-13-5-1-6-14-25)26-15-7-2-8-16-26)23-39(29)42-34(27-17-9-3-10-18-27)28-19-11-4-12-20-28/h1-21,23,33-34,43H,24H2. The summed E-state index contributed by atoms with van der Waals surface area (Å²) < 4.78 is 13.1. The van der Waals surface area contributed by atoms with Crippen LogP contribution in [0.2, 0.25) is 0 Å². The maximum atomic E-state index is 13.7. The van der Waals surface area contributed by atoms with Crippen LogP contribution in [0.3, 0.4) is 0 Å². The Hall–Kier alpha value is -4.75. The van der Waals surface area contributed by atoms with E-state index in [1.54, 1.807) is 10.9 Å². The molecule has 0 radical (unpaired) electrons. The first kappa shape index (κ1) is 30.3. The van der Waals surface area contributed by atoms with Crippen molar-refractivity contribution in [3.8, 4) is 11.8 Å². The van der Waals surface area contributed by atoms with Gasteiger partial charge < -0.3 is 9.57 Å². The molecule has 0 atom stereocenters. The normalized spacial score (nSPS) is 11.0. The topological polar surface area (TPSA) is 77.1 Å². The quantitative estimate of drug-likeness (QED) is 0.113. The predicted octanol–water partition coefficient (Wildman–Crippen LogP) is 8.14. The van der Waals surface area contributed by atoms with Gasteiger partial charge in [0.2, 0.25) is 5.43 Å². The number of ether oxygens (including phenoxy) is 1. The minimum Gasteiger partial charge on any atom is -0.475 e. The molecule has 2 heterocycles. The van der Waals surface area contributed by atoms with E-state index in [1.807, 2.05) is 121 Å². The number of aromatic nitrogens is 2. The first-order valence-electron chi connectivity index (χ1n) is 14.1. The molecule has 0 fully saturated rings. The van der Waals surface area contributed by atoms with Crippen LogP contribution in [0, 0.1) is 11.3 Å². The Morgan fingerprint density at radius 3 is 1.78 bits per heavy atom. The van der Waals surface area contributed by atoms with Gasteiger partial charge in [0, 0.05) is 11.8 Å². The van der Waals surface area contributed by atoms with Crippen LogP contribution in [0.5, 0.6) is 5.75 Å². The van der Waals surface area contributed by atoms with E-state index in [1.165, 1.54) is 17.8 Å². The predicted molar refractivity (Wildman–Crippen MR) is 181 cm³/mol. The molecule has 0 N–H and O–H groups in total. The third-order valence-electron chi connectivity index (χ3n) is 7.04. The van der Waals surface area contributed by atoms with Gasteiger partial charge in [0.25, 0.3) is 0 Å². The van der Waals surface area contributed by atoms with E-state index in [0.29, 0.717) is 26.2 Å². The molecule has 6 aromatic rings. The van der Waals surface area contributed by atoms with Crippen LogP contribution in [0.15, 0.2) is 148 Å². The van der Waals surface area contributed by atoms with Crippen molar-refractivity contribution in [2.75, 3.05) is 0 Å². The number of hydrogen-bond donors (Lipinski definition) is 1. The molecule has 0 amide bonds. The highest BCUT2D eigenvalue weighted by molar-refractivity contribution is 7.98. The highest BCUT2D eigenvalue weighted by Crippen LogP contribution is 2.33. The minimum atomic E-state index is -0.519. The monoisotopic (exact) mass is 645 g/mol. The van der Waals surface area contributed by atoms with E-state index in [0.717, 1.165) is 33.8 Å². The van der Waals surface area contributed by atoms with Gasteiger partial charge in [0.1, 0.15) is 22.8 Å². The Kier molecular flexibility index (Phi) is 9.66. The number of hydrogen-bond acceptors (Lipinski definition) is 8. The van der Waals surface area contributed by atoms with Crippen LogP contribution in [0.4, 0.5) is 0 Å². The molecule has 4 aromatic carbocycles. The van der Waals surface area contributed by atoms with Crippen LogP contribution in [0.25, 0.3) is 0 Å². The zero-order chi connectivity index (χ0) is 31.0. The molecular formula is C36H27N3O3S3. The van der Waals surface area contributed by atoms with Gasteiger partial charge in [-0.3, -0.25) is 4.79 Å². The van der Waals surface area contributed by atoms with E-state index >= 15 is 0 Å². The zero-order valence-electron chi connectivity index (χ0n) is 23.9. The van der Waals surface area contributed by atoms with Crippen molar-refractivity contribution in [3.05, 3.63) is 177 Å². The van der Waals surface area contributed by atoms with Gasteiger partial charge in [-0.2, -0.15) is 14.4 Å². The third kappa shape index (κ3) is 7.15. The molecule has 0 aliphatic carbocycles. The van der Waals surface area contributed by atoms with Gasteiger partial charge in [-0.25, -0.2) is 0 Å². The summed E-state index contributed by atoms with van der Waals surface area (Å²) in [4.78, 5) is 20.4. The van der Waals surface area contributed by atoms with E-state index in [4.69, 9.17) is 9.57 Å². The smallest absolute Gasteiger partial charge is 0.223 e. The Balaban J connectivity index is 1.42. The van der Waals surface area contributed by atoms with Gasteiger partial charge in [-0.15, -0.1) is 12.6 Å². The summed E-state index contributed by atoms with van der Waals surface area (Å²) in [6, 6.07) is 43.2. The van der Waals surface area contributed by atoms with Gasteiger partial charge in [0.15, 0.2) is 11.9 Å². The van der Waals surface area contributed by atoms with Crippen molar-refractivity contribution in [2.24, 2.45) is 0 Å². The third-order valence-corrected chi connectivity index (χ3v) is 9.29. The summed E-state index contributed by atoms with van der Waals surface area (Å²) in [6.45, 7) is 0. The molecule has 0 aliphatic heterocycles. The average molecular weight is 646 g/mol. The molecule has 0 bridgehead atoms. The van der Waals surface area contributed by atoms with Crippen LogP contribution >= 0.6 is 35.9 Å². The van der Waals surface area contributed by atoms with Gasteiger partial charge in [-0.05, 0) is 33.8 Å². The van der Waals surface area contributed by atoms with Gasteiger partial charge >= 0.3 is 0 Å². The Bertz CT molecular complexity index is 1880. The zero-order valence-corrected chi connectivity index (χ0v) is 26.4. The second-order valence-electron chi connectivity index (χ2n) is 10.0. The second-order valence-corrected chi connectivity index (χ2v) is 12.5. The molecule has 0 spiro atoms. The van der Waals surface area contributed by atoms with Crippen molar-refractivity contribution in [1.29, 1.82) is 5.26 Å². The van der Waals surface area contributed by atoms with Crippen molar-refractivity contribution >= 4 is 35.9 Å². The Labute approximate surface area is 275 Å². The number of rotatable bonds is 11. The average Bonchev–Trinajstić information content (AvgIpc) is 3.46. The molecule has 222 valence electrons. The van der Waals surface area contributed by atoms with Gasteiger partial charge in [-0.1, -0.05) is 133 Å². The molecule has 0 unspecified atom stereocenters. The fourth-order valence-electron chi connectivity index (χ4n) is 4.83. The molecule has 0 saturated heterocycles. The summed E-state index contributed by atoms with van der Waals surface area (Å²) >= 11 is 6.88. The molecule has 0 aliphatic rings. The second kappa shape index (κ2) is 14.4. The van der Waals surface area contributed by atoms with Crippen LogP contribution in [-0.2, 0) is 5.75 Å². The fourth-order valence-corrected chi connectivity index (χ4v) is 6.85. The lowest BCUT2D eigenvalue weighted by atomic mass is 10.0. The fraction of sp³-hybridized carbons (Fsp3) is 0.0833. The van der Waals surface area contributed by atoms with Crippen LogP contribution < -0.4 is 15.0 Å². The summed E-state index contributed by atoms with van der Waals surface area (Å²) in [5.41, 5.74) is 4.44. The molecule has 0 saturated carbocycles. The number of benzene rings is 4. The number of pyridine rings is 1. The molecule has 6 nitrogen and oxygen atoms in total. The number of nitrogens with zero attached hydrogens (tertiary/aromatic N) is 3. The van der Waals surface area contributed by atoms with Crippen LogP contribution in [-0.4, -0.2) is 9.10 Å². The minimum absolute atomic E-state index is 0.144. The molecule has 2 aromatic heterocycles. The molecule has 6 rings (SSSR count). The summed E-state index contributed by atoms with van der Waals surface area (Å²) in [7, 11) is 0. The van der Waals surface area contributed by atoms with Crippen molar-refractivity contribution in [1.82, 2.24) is 9.10 Å². The summed E-state index contributed by atoms with van der Waals surface area (Å²) in [6.07, 6.45) is 0.616. The van der Waals surface area contributed by atoms with E-state index in [2.05, 4.69) is 23.1 Å². The largest absolute Gasteiger partial charge is 0.475 e. The summed E-state index contributed by atoms with van der Waals surface area (Å²) in [5, 5.41) is 10.2. The van der Waals surface area contributed by atoms with E-state index in [9.17, 15) is 10.1 Å². The van der Waals surface area contributed by atoms with Crippen molar-refractivity contribution < 1.29 is 9.57 Å². The lowest BCUT2D eigenvalue weighted by Crippen LogP contribution is -2.25. The molecular weight excluding hydrogens is 619 g/mol. The van der Waals surface area contributed by atoms with Crippen molar-refractivity contribution in [3.63, 3.8) is 0 Å². The number of nitriles is 1. The van der Waals surface area contributed by atoms with E-state index in [-0.39, 0.29) is 11.2 Å². The summed E-state index contributed by atoms with van der Waals surface area (Å²) in [5.74, 6) is 0.462. The molecule has 9 heteroatoms.